The first-order chi connectivity index (χ1) is 6.20. The molecular weight excluding hydrogens is 164 g/mol. The van der Waals surface area contributed by atoms with Crippen molar-refractivity contribution < 1.29 is 4.74 Å². The van der Waals surface area contributed by atoms with E-state index in [1.54, 1.807) is 0 Å². The molecule has 2 rings (SSSR count). The van der Waals surface area contributed by atoms with Crippen molar-refractivity contribution in [2.24, 2.45) is 7.05 Å². The summed E-state index contributed by atoms with van der Waals surface area (Å²) in [5, 5.41) is 0. The Morgan fingerprint density at radius 1 is 1.46 bits per heavy atom. The van der Waals surface area contributed by atoms with Crippen molar-refractivity contribution >= 4 is 0 Å². The SMILES string of the molecule is Cc1nc(C2CCOC2)c(C)n1C. The zero-order valence-corrected chi connectivity index (χ0v) is 8.50. The fourth-order valence-electron chi connectivity index (χ4n) is 1.88. The summed E-state index contributed by atoms with van der Waals surface area (Å²) < 4.78 is 7.51. The molecule has 0 radical (unpaired) electrons. The van der Waals surface area contributed by atoms with Gasteiger partial charge in [-0.25, -0.2) is 4.98 Å². The lowest BCUT2D eigenvalue weighted by molar-refractivity contribution is 0.193. The third-order valence-electron chi connectivity index (χ3n) is 2.96. The Bertz CT molecular complexity index is 311. The molecule has 3 nitrogen and oxygen atoms in total. The molecule has 1 aromatic rings. The molecule has 0 N–H and O–H groups in total. The normalized spacial score (nSPS) is 22.5. The smallest absolute Gasteiger partial charge is 0.105 e. The van der Waals surface area contributed by atoms with Crippen LogP contribution >= 0.6 is 0 Å². The molecule has 1 saturated heterocycles. The highest BCUT2D eigenvalue weighted by atomic mass is 16.5. The van der Waals surface area contributed by atoms with Gasteiger partial charge in [0.15, 0.2) is 0 Å². The highest BCUT2D eigenvalue weighted by Crippen LogP contribution is 2.26. The Morgan fingerprint density at radius 2 is 2.23 bits per heavy atom. The molecule has 2 heterocycles. The molecular formula is C10H16N2O. The van der Waals surface area contributed by atoms with Gasteiger partial charge in [-0.05, 0) is 20.3 Å². The molecule has 0 aromatic carbocycles. The Balaban J connectivity index is 2.34. The van der Waals surface area contributed by atoms with E-state index in [0.29, 0.717) is 5.92 Å². The van der Waals surface area contributed by atoms with Gasteiger partial charge in [0, 0.05) is 25.3 Å². The molecule has 0 bridgehead atoms. The van der Waals surface area contributed by atoms with Gasteiger partial charge in [-0.2, -0.15) is 0 Å². The maximum absolute atomic E-state index is 5.37. The van der Waals surface area contributed by atoms with Gasteiger partial charge in [-0.15, -0.1) is 0 Å². The lowest BCUT2D eigenvalue weighted by Crippen LogP contribution is -2.01. The fraction of sp³-hybridized carbons (Fsp3) is 0.700. The molecule has 0 saturated carbocycles. The van der Waals surface area contributed by atoms with Crippen LogP contribution in [0.4, 0.5) is 0 Å². The zero-order chi connectivity index (χ0) is 9.42. The van der Waals surface area contributed by atoms with E-state index in [2.05, 4.69) is 23.5 Å². The molecule has 0 aliphatic carbocycles. The molecule has 1 unspecified atom stereocenters. The maximum Gasteiger partial charge on any atom is 0.105 e. The largest absolute Gasteiger partial charge is 0.381 e. The minimum absolute atomic E-state index is 0.528. The van der Waals surface area contributed by atoms with Gasteiger partial charge < -0.3 is 9.30 Å². The van der Waals surface area contributed by atoms with Crippen molar-refractivity contribution in [3.8, 4) is 0 Å². The Kier molecular flexibility index (Phi) is 2.12. The van der Waals surface area contributed by atoms with Gasteiger partial charge in [-0.1, -0.05) is 0 Å². The summed E-state index contributed by atoms with van der Waals surface area (Å²) in [7, 11) is 2.07. The minimum Gasteiger partial charge on any atom is -0.381 e. The van der Waals surface area contributed by atoms with Crippen LogP contribution in [0.2, 0.25) is 0 Å². The van der Waals surface area contributed by atoms with Gasteiger partial charge in [0.2, 0.25) is 0 Å². The molecule has 1 aliphatic heterocycles. The summed E-state index contributed by atoms with van der Waals surface area (Å²) >= 11 is 0. The molecule has 0 amide bonds. The number of ether oxygens (including phenoxy) is 1. The number of rotatable bonds is 1. The predicted octanol–water partition coefficient (Wildman–Crippen LogP) is 1.54. The molecule has 3 heteroatoms. The highest BCUT2D eigenvalue weighted by Gasteiger charge is 2.23. The van der Waals surface area contributed by atoms with E-state index in [9.17, 15) is 0 Å². The van der Waals surface area contributed by atoms with E-state index >= 15 is 0 Å². The molecule has 0 spiro atoms. The molecule has 1 fully saturated rings. The predicted molar refractivity (Wildman–Crippen MR) is 50.9 cm³/mol. The van der Waals surface area contributed by atoms with Crippen LogP contribution in [0.3, 0.4) is 0 Å². The van der Waals surface area contributed by atoms with Gasteiger partial charge in [0.1, 0.15) is 5.82 Å². The van der Waals surface area contributed by atoms with Crippen LogP contribution in [0.25, 0.3) is 0 Å². The molecule has 1 aliphatic rings. The third kappa shape index (κ3) is 1.37. The monoisotopic (exact) mass is 180 g/mol. The molecule has 1 atom stereocenters. The summed E-state index contributed by atoms with van der Waals surface area (Å²) in [6, 6.07) is 0. The number of aromatic nitrogens is 2. The average Bonchev–Trinajstić information content (AvgIpc) is 2.70. The number of hydrogen-bond donors (Lipinski definition) is 0. The Hall–Kier alpha value is -0.830. The van der Waals surface area contributed by atoms with Crippen LogP contribution in [0.1, 0.15) is 29.6 Å². The van der Waals surface area contributed by atoms with E-state index < -0.39 is 0 Å². The number of aryl methyl sites for hydroxylation is 1. The number of imidazole rings is 1. The van der Waals surface area contributed by atoms with Crippen LogP contribution < -0.4 is 0 Å². The van der Waals surface area contributed by atoms with Crippen molar-refractivity contribution in [1.29, 1.82) is 0 Å². The van der Waals surface area contributed by atoms with Crippen molar-refractivity contribution in [3.05, 3.63) is 17.2 Å². The maximum atomic E-state index is 5.37. The number of hydrogen-bond acceptors (Lipinski definition) is 2. The van der Waals surface area contributed by atoms with E-state index in [-0.39, 0.29) is 0 Å². The van der Waals surface area contributed by atoms with E-state index in [0.717, 1.165) is 25.5 Å². The number of nitrogens with zero attached hydrogens (tertiary/aromatic N) is 2. The lowest BCUT2D eigenvalue weighted by atomic mass is 10.0. The van der Waals surface area contributed by atoms with Crippen molar-refractivity contribution in [2.45, 2.75) is 26.2 Å². The first-order valence-electron chi connectivity index (χ1n) is 4.77. The van der Waals surface area contributed by atoms with Crippen molar-refractivity contribution in [1.82, 2.24) is 9.55 Å². The van der Waals surface area contributed by atoms with Crippen LogP contribution in [0, 0.1) is 13.8 Å². The van der Waals surface area contributed by atoms with Crippen molar-refractivity contribution in [2.75, 3.05) is 13.2 Å². The first kappa shape index (κ1) is 8.75. The van der Waals surface area contributed by atoms with E-state index in [1.165, 1.54) is 11.4 Å². The average molecular weight is 180 g/mol. The van der Waals surface area contributed by atoms with E-state index in [1.807, 2.05) is 6.92 Å². The van der Waals surface area contributed by atoms with Crippen LogP contribution in [0.15, 0.2) is 0 Å². The van der Waals surface area contributed by atoms with Gasteiger partial charge in [0.05, 0.1) is 12.3 Å². The van der Waals surface area contributed by atoms with Crippen LogP contribution in [0.5, 0.6) is 0 Å². The minimum atomic E-state index is 0.528. The first-order valence-corrected chi connectivity index (χ1v) is 4.77. The summed E-state index contributed by atoms with van der Waals surface area (Å²) in [5.74, 6) is 1.62. The van der Waals surface area contributed by atoms with Crippen molar-refractivity contribution in [3.63, 3.8) is 0 Å². The summed E-state index contributed by atoms with van der Waals surface area (Å²) in [5.41, 5.74) is 2.52. The Morgan fingerprint density at radius 3 is 2.69 bits per heavy atom. The quantitative estimate of drug-likeness (QED) is 0.655. The summed E-state index contributed by atoms with van der Waals surface area (Å²) in [6.07, 6.45) is 1.12. The molecule has 72 valence electrons. The van der Waals surface area contributed by atoms with Gasteiger partial charge in [-0.3, -0.25) is 0 Å². The van der Waals surface area contributed by atoms with Crippen LogP contribution in [-0.2, 0) is 11.8 Å². The second-order valence-electron chi connectivity index (χ2n) is 3.75. The van der Waals surface area contributed by atoms with Gasteiger partial charge >= 0.3 is 0 Å². The van der Waals surface area contributed by atoms with Crippen LogP contribution in [-0.4, -0.2) is 22.8 Å². The van der Waals surface area contributed by atoms with E-state index in [4.69, 9.17) is 4.74 Å². The zero-order valence-electron chi connectivity index (χ0n) is 8.50. The summed E-state index contributed by atoms with van der Waals surface area (Å²) in [4.78, 5) is 4.57. The standard InChI is InChI=1S/C10H16N2O/c1-7-10(9-4-5-13-6-9)11-8(2)12(7)3/h9H,4-6H2,1-3H3. The Labute approximate surface area is 78.7 Å². The second kappa shape index (κ2) is 3.14. The molecule has 13 heavy (non-hydrogen) atoms. The lowest BCUT2D eigenvalue weighted by Gasteiger charge is -2.05. The van der Waals surface area contributed by atoms with Gasteiger partial charge in [0.25, 0.3) is 0 Å². The summed E-state index contributed by atoms with van der Waals surface area (Å²) in [6.45, 7) is 5.91. The highest BCUT2D eigenvalue weighted by molar-refractivity contribution is 5.20. The molecule has 1 aromatic heterocycles. The second-order valence-corrected chi connectivity index (χ2v) is 3.75. The third-order valence-corrected chi connectivity index (χ3v) is 2.96. The fourth-order valence-corrected chi connectivity index (χ4v) is 1.88. The topological polar surface area (TPSA) is 27.1 Å².